The Bertz CT molecular complexity index is 391. The molecule has 1 rings (SSSR count). The van der Waals surface area contributed by atoms with Crippen LogP contribution in [0, 0.1) is 0 Å². The van der Waals surface area contributed by atoms with E-state index in [0.717, 1.165) is 0 Å². The molecule has 0 bridgehead atoms. The molecule has 0 fully saturated rings. The van der Waals surface area contributed by atoms with Gasteiger partial charge in [0.15, 0.2) is 0 Å². The zero-order valence-corrected chi connectivity index (χ0v) is 9.98. The quantitative estimate of drug-likeness (QED) is 0.730. The van der Waals surface area contributed by atoms with E-state index in [9.17, 15) is 4.79 Å². The van der Waals surface area contributed by atoms with Crippen LogP contribution in [-0.4, -0.2) is 25.1 Å². The Hall–Kier alpha value is -1.81. The van der Waals surface area contributed by atoms with E-state index in [1.165, 1.54) is 0 Å². The molecule has 0 saturated heterocycles. The van der Waals surface area contributed by atoms with Crippen molar-refractivity contribution in [2.75, 3.05) is 13.2 Å². The molecule has 1 aromatic carbocycles. The van der Waals surface area contributed by atoms with Crippen molar-refractivity contribution in [3.05, 3.63) is 42.5 Å². The van der Waals surface area contributed by atoms with E-state index in [0.29, 0.717) is 24.5 Å². The van der Waals surface area contributed by atoms with Crippen LogP contribution >= 0.6 is 0 Å². The third-order valence-electron chi connectivity index (χ3n) is 2.22. The maximum Gasteiger partial charge on any atom is 0.255 e. The summed E-state index contributed by atoms with van der Waals surface area (Å²) in [4.78, 5) is 11.9. The third kappa shape index (κ3) is 3.92. The monoisotopic (exact) mass is 234 g/mol. The van der Waals surface area contributed by atoms with E-state index in [4.69, 9.17) is 10.5 Å². The molecule has 0 aliphatic heterocycles. The van der Waals surface area contributed by atoms with Gasteiger partial charge in [-0.15, -0.1) is 0 Å². The van der Waals surface area contributed by atoms with Crippen molar-refractivity contribution in [1.29, 1.82) is 0 Å². The molecule has 1 amide bonds. The first-order valence-corrected chi connectivity index (χ1v) is 5.52. The lowest BCUT2D eigenvalue weighted by Crippen LogP contribution is -2.37. The molecule has 0 saturated carbocycles. The number of para-hydroxylation sites is 1. The Kier molecular flexibility index (Phi) is 5.23. The summed E-state index contributed by atoms with van der Waals surface area (Å²) in [7, 11) is 0. The number of carbonyl (C=O) groups is 1. The van der Waals surface area contributed by atoms with Gasteiger partial charge in [-0.25, -0.2) is 0 Å². The number of carbonyl (C=O) groups excluding carboxylic acids is 1. The minimum absolute atomic E-state index is 0.0602. The number of rotatable bonds is 6. The zero-order valence-electron chi connectivity index (χ0n) is 9.98. The van der Waals surface area contributed by atoms with Gasteiger partial charge in [-0.1, -0.05) is 24.8 Å². The lowest BCUT2D eigenvalue weighted by molar-refractivity contribution is 0.0937. The molecule has 0 aliphatic rings. The summed E-state index contributed by atoms with van der Waals surface area (Å²) in [6, 6.07) is 7.03. The minimum Gasteiger partial charge on any atom is -0.489 e. The summed E-state index contributed by atoms with van der Waals surface area (Å²) in [5.41, 5.74) is 5.97. The number of nitrogens with one attached hydrogen (secondary N) is 1. The Morgan fingerprint density at radius 3 is 2.94 bits per heavy atom. The third-order valence-corrected chi connectivity index (χ3v) is 2.22. The van der Waals surface area contributed by atoms with Gasteiger partial charge in [0.1, 0.15) is 12.4 Å². The van der Waals surface area contributed by atoms with Crippen LogP contribution in [-0.2, 0) is 0 Å². The Morgan fingerprint density at radius 2 is 2.29 bits per heavy atom. The summed E-state index contributed by atoms with van der Waals surface area (Å²) < 4.78 is 5.41. The molecule has 0 radical (unpaired) electrons. The van der Waals surface area contributed by atoms with Gasteiger partial charge in [0.25, 0.3) is 5.91 Å². The summed E-state index contributed by atoms with van der Waals surface area (Å²) in [5, 5.41) is 2.79. The fourth-order valence-corrected chi connectivity index (χ4v) is 1.29. The van der Waals surface area contributed by atoms with E-state index in [2.05, 4.69) is 11.9 Å². The Balaban J connectivity index is 2.80. The van der Waals surface area contributed by atoms with Gasteiger partial charge in [0.2, 0.25) is 0 Å². The van der Waals surface area contributed by atoms with Crippen LogP contribution in [0.2, 0.25) is 0 Å². The van der Waals surface area contributed by atoms with Crippen LogP contribution in [0.1, 0.15) is 17.3 Å². The molecule has 92 valence electrons. The van der Waals surface area contributed by atoms with Gasteiger partial charge in [0.05, 0.1) is 5.56 Å². The highest BCUT2D eigenvalue weighted by atomic mass is 16.5. The number of nitrogens with two attached hydrogens (primary N) is 1. The van der Waals surface area contributed by atoms with Crippen molar-refractivity contribution < 1.29 is 9.53 Å². The van der Waals surface area contributed by atoms with Crippen molar-refractivity contribution in [2.24, 2.45) is 5.73 Å². The van der Waals surface area contributed by atoms with Crippen LogP contribution in [0.15, 0.2) is 36.9 Å². The molecule has 0 spiro atoms. The summed E-state index contributed by atoms with van der Waals surface area (Å²) in [5.74, 6) is 0.372. The van der Waals surface area contributed by atoms with E-state index in [-0.39, 0.29) is 11.9 Å². The molecule has 4 heteroatoms. The fourth-order valence-electron chi connectivity index (χ4n) is 1.29. The maximum absolute atomic E-state index is 11.9. The second kappa shape index (κ2) is 6.70. The standard InChI is InChI=1S/C13H18N2O2/c1-3-8-17-12-7-5-4-6-11(12)13(16)15-10(2)9-14/h3-7,10H,1,8-9,14H2,2H3,(H,15,16)/t10-/m0/s1. The van der Waals surface area contributed by atoms with Crippen molar-refractivity contribution in [3.63, 3.8) is 0 Å². The molecule has 0 heterocycles. The lowest BCUT2D eigenvalue weighted by atomic mass is 10.1. The Morgan fingerprint density at radius 1 is 1.59 bits per heavy atom. The second-order valence-corrected chi connectivity index (χ2v) is 3.71. The smallest absolute Gasteiger partial charge is 0.255 e. The van der Waals surface area contributed by atoms with Gasteiger partial charge in [0, 0.05) is 12.6 Å². The highest BCUT2D eigenvalue weighted by molar-refractivity contribution is 5.97. The number of benzene rings is 1. The number of amides is 1. The van der Waals surface area contributed by atoms with Crippen LogP contribution in [0.5, 0.6) is 5.75 Å². The van der Waals surface area contributed by atoms with E-state index >= 15 is 0 Å². The first kappa shape index (κ1) is 13.3. The van der Waals surface area contributed by atoms with Gasteiger partial charge < -0.3 is 15.8 Å². The number of hydrogen-bond donors (Lipinski definition) is 2. The lowest BCUT2D eigenvalue weighted by Gasteiger charge is -2.13. The van der Waals surface area contributed by atoms with E-state index in [1.54, 1.807) is 24.3 Å². The molecule has 0 aromatic heterocycles. The summed E-state index contributed by atoms with van der Waals surface area (Å²) in [6.07, 6.45) is 1.64. The summed E-state index contributed by atoms with van der Waals surface area (Å²) >= 11 is 0. The van der Waals surface area contributed by atoms with Crippen molar-refractivity contribution in [1.82, 2.24) is 5.32 Å². The SMILES string of the molecule is C=CCOc1ccccc1C(=O)N[C@@H](C)CN. The van der Waals surface area contributed by atoms with Crippen LogP contribution in [0.4, 0.5) is 0 Å². The Labute approximate surface area is 101 Å². The molecule has 1 aromatic rings. The predicted octanol–water partition coefficient (Wildman–Crippen LogP) is 1.33. The van der Waals surface area contributed by atoms with Crippen molar-refractivity contribution in [3.8, 4) is 5.75 Å². The van der Waals surface area contributed by atoms with E-state index in [1.807, 2.05) is 13.0 Å². The van der Waals surface area contributed by atoms with Gasteiger partial charge in [-0.05, 0) is 19.1 Å². The highest BCUT2D eigenvalue weighted by Gasteiger charge is 2.13. The first-order chi connectivity index (χ1) is 8.19. The first-order valence-electron chi connectivity index (χ1n) is 5.52. The molecule has 0 unspecified atom stereocenters. The average molecular weight is 234 g/mol. The molecular formula is C13H18N2O2. The van der Waals surface area contributed by atoms with Gasteiger partial charge in [-0.3, -0.25) is 4.79 Å². The molecule has 3 N–H and O–H groups in total. The normalized spacial score (nSPS) is 11.6. The minimum atomic E-state index is -0.178. The average Bonchev–Trinajstić information content (AvgIpc) is 2.36. The van der Waals surface area contributed by atoms with Crippen LogP contribution < -0.4 is 15.8 Å². The fraction of sp³-hybridized carbons (Fsp3) is 0.308. The second-order valence-electron chi connectivity index (χ2n) is 3.71. The summed E-state index contributed by atoms with van der Waals surface area (Å²) in [6.45, 7) is 6.20. The van der Waals surface area contributed by atoms with Crippen LogP contribution in [0.3, 0.4) is 0 Å². The molecule has 1 atom stereocenters. The number of hydrogen-bond acceptors (Lipinski definition) is 3. The van der Waals surface area contributed by atoms with Crippen molar-refractivity contribution in [2.45, 2.75) is 13.0 Å². The zero-order chi connectivity index (χ0) is 12.7. The highest BCUT2D eigenvalue weighted by Crippen LogP contribution is 2.17. The maximum atomic E-state index is 11.9. The predicted molar refractivity (Wildman–Crippen MR) is 68.1 cm³/mol. The van der Waals surface area contributed by atoms with Crippen molar-refractivity contribution >= 4 is 5.91 Å². The van der Waals surface area contributed by atoms with E-state index < -0.39 is 0 Å². The topological polar surface area (TPSA) is 64.3 Å². The molecule has 0 aliphatic carbocycles. The number of ether oxygens (including phenoxy) is 1. The molecule has 17 heavy (non-hydrogen) atoms. The van der Waals surface area contributed by atoms with Gasteiger partial charge >= 0.3 is 0 Å². The molecule has 4 nitrogen and oxygen atoms in total. The largest absolute Gasteiger partial charge is 0.489 e. The van der Waals surface area contributed by atoms with Gasteiger partial charge in [-0.2, -0.15) is 0 Å². The molecular weight excluding hydrogens is 216 g/mol. The van der Waals surface area contributed by atoms with Crippen LogP contribution in [0.25, 0.3) is 0 Å².